The highest BCUT2D eigenvalue weighted by Gasteiger charge is 2.21. The molecule has 0 bridgehead atoms. The Bertz CT molecular complexity index is 916. The van der Waals surface area contributed by atoms with Crippen molar-refractivity contribution < 1.29 is 17.9 Å². The zero-order chi connectivity index (χ0) is 22.2. The van der Waals surface area contributed by atoms with Gasteiger partial charge in [-0.05, 0) is 73.4 Å². The molecule has 0 spiro atoms. The molecule has 2 aromatic rings. The van der Waals surface area contributed by atoms with Gasteiger partial charge in [0.15, 0.2) is 0 Å². The zero-order valence-electron chi connectivity index (χ0n) is 17.8. The molecule has 0 aromatic heterocycles. The van der Waals surface area contributed by atoms with Crippen LogP contribution < -0.4 is 0 Å². The van der Waals surface area contributed by atoms with Crippen molar-refractivity contribution in [1.29, 1.82) is 0 Å². The first-order valence-corrected chi connectivity index (χ1v) is 11.3. The van der Waals surface area contributed by atoms with E-state index in [2.05, 4.69) is 11.8 Å². The minimum atomic E-state index is -0.682. The average molecular weight is 449 g/mol. The van der Waals surface area contributed by atoms with E-state index >= 15 is 0 Å². The van der Waals surface area contributed by atoms with Gasteiger partial charge >= 0.3 is 0 Å². The van der Waals surface area contributed by atoms with E-state index in [1.54, 1.807) is 7.11 Å². The van der Waals surface area contributed by atoms with E-state index in [4.69, 9.17) is 16.3 Å². The number of hydrogen-bond donors (Lipinski definition) is 0. The van der Waals surface area contributed by atoms with E-state index in [9.17, 15) is 13.2 Å². The molecule has 0 saturated heterocycles. The number of benzene rings is 2. The molecule has 5 heteroatoms. The summed E-state index contributed by atoms with van der Waals surface area (Å²) in [4.78, 5) is 0. The maximum atomic E-state index is 14.5. The Hall–Kier alpha value is -1.96. The molecule has 0 unspecified atom stereocenters. The van der Waals surface area contributed by atoms with Crippen molar-refractivity contribution in [3.63, 3.8) is 0 Å². The van der Waals surface area contributed by atoms with Crippen molar-refractivity contribution in [2.45, 2.75) is 51.4 Å². The predicted octanol–water partition coefficient (Wildman–Crippen LogP) is 7.32. The maximum absolute atomic E-state index is 14.5. The monoisotopic (exact) mass is 448 g/mol. The predicted molar refractivity (Wildman–Crippen MR) is 119 cm³/mol. The highest BCUT2D eigenvalue weighted by atomic mass is 35.5. The smallest absolute Gasteiger partial charge is 0.143 e. The molecule has 0 amide bonds. The Morgan fingerprint density at radius 2 is 1.55 bits per heavy atom. The third-order valence-corrected chi connectivity index (χ3v) is 6.43. The highest BCUT2D eigenvalue weighted by Crippen LogP contribution is 2.34. The van der Waals surface area contributed by atoms with Gasteiger partial charge in [0.2, 0.25) is 0 Å². The largest absolute Gasteiger partial charge is 0.385 e. The second-order valence-electron chi connectivity index (χ2n) is 8.37. The molecular weight excluding hydrogens is 421 g/mol. The average Bonchev–Trinajstić information content (AvgIpc) is 2.75. The molecular formula is C26H28ClF3O. The van der Waals surface area contributed by atoms with Gasteiger partial charge in [-0.1, -0.05) is 49.1 Å². The first-order chi connectivity index (χ1) is 15.0. The van der Waals surface area contributed by atoms with Crippen LogP contribution in [0.4, 0.5) is 13.2 Å². The molecule has 166 valence electrons. The van der Waals surface area contributed by atoms with Gasteiger partial charge in [0.05, 0.1) is 10.6 Å². The normalized spacial score (nSPS) is 18.5. The molecule has 1 nitrogen and oxygen atoms in total. The van der Waals surface area contributed by atoms with Crippen molar-refractivity contribution >= 4 is 11.6 Å². The summed E-state index contributed by atoms with van der Waals surface area (Å²) in [6.45, 7) is 0.827. The Labute approximate surface area is 188 Å². The number of ether oxygens (including phenoxy) is 1. The Morgan fingerprint density at radius 1 is 0.903 bits per heavy atom. The molecule has 31 heavy (non-hydrogen) atoms. The first kappa shape index (κ1) is 23.7. The standard InChI is InChI=1S/C26H28ClF3O/c1-31-14-2-3-18-4-6-19(7-5-18)8-9-21-16-24(28)22(25(29)17-21)12-10-20-11-13-23(27)26(30)15-20/h11,13,15-19H,2-9,14H2,1H3/t18-,19-. The van der Waals surface area contributed by atoms with E-state index in [1.165, 1.54) is 56.4 Å². The fraction of sp³-hybridized carbons (Fsp3) is 0.462. The van der Waals surface area contributed by atoms with E-state index in [1.807, 2.05) is 0 Å². The summed E-state index contributed by atoms with van der Waals surface area (Å²) in [6.07, 6.45) is 8.78. The van der Waals surface area contributed by atoms with E-state index in [0.717, 1.165) is 31.4 Å². The molecule has 0 heterocycles. The third-order valence-electron chi connectivity index (χ3n) is 6.12. The lowest BCUT2D eigenvalue weighted by atomic mass is 9.78. The second kappa shape index (κ2) is 11.6. The first-order valence-electron chi connectivity index (χ1n) is 10.9. The van der Waals surface area contributed by atoms with Gasteiger partial charge in [-0.2, -0.15) is 0 Å². The maximum Gasteiger partial charge on any atom is 0.143 e. The van der Waals surface area contributed by atoms with Crippen LogP contribution in [-0.4, -0.2) is 13.7 Å². The summed E-state index contributed by atoms with van der Waals surface area (Å²) in [5, 5.41) is -0.0214. The fourth-order valence-electron chi connectivity index (χ4n) is 4.29. The van der Waals surface area contributed by atoms with Gasteiger partial charge in [-0.25, -0.2) is 13.2 Å². The summed E-state index contributed by atoms with van der Waals surface area (Å²) in [6, 6.07) is 6.75. The number of aryl methyl sites for hydroxylation is 1. The third kappa shape index (κ3) is 7.02. The van der Waals surface area contributed by atoms with Crippen LogP contribution in [0.3, 0.4) is 0 Å². The van der Waals surface area contributed by atoms with E-state index < -0.39 is 17.5 Å². The number of halogens is 4. The van der Waals surface area contributed by atoms with Gasteiger partial charge in [-0.3, -0.25) is 0 Å². The molecule has 1 fully saturated rings. The van der Waals surface area contributed by atoms with Gasteiger partial charge in [0, 0.05) is 19.3 Å². The Morgan fingerprint density at radius 3 is 2.16 bits per heavy atom. The van der Waals surface area contributed by atoms with Crippen LogP contribution in [0.1, 0.15) is 61.6 Å². The lowest BCUT2D eigenvalue weighted by Crippen LogP contribution is -2.15. The number of rotatable bonds is 7. The Balaban J connectivity index is 1.55. The van der Waals surface area contributed by atoms with Crippen molar-refractivity contribution in [3.05, 3.63) is 69.5 Å². The summed E-state index contributed by atoms with van der Waals surface area (Å²) in [5.74, 6) is 4.50. The number of methoxy groups -OCH3 is 1. The van der Waals surface area contributed by atoms with Gasteiger partial charge < -0.3 is 4.74 Å². The van der Waals surface area contributed by atoms with E-state index in [0.29, 0.717) is 23.5 Å². The summed E-state index contributed by atoms with van der Waals surface area (Å²) >= 11 is 5.64. The Kier molecular flexibility index (Phi) is 8.87. The molecule has 1 saturated carbocycles. The van der Waals surface area contributed by atoms with E-state index in [-0.39, 0.29) is 10.6 Å². The molecule has 1 aliphatic rings. The van der Waals surface area contributed by atoms with Crippen molar-refractivity contribution in [3.8, 4) is 11.8 Å². The molecule has 0 aliphatic heterocycles. The highest BCUT2D eigenvalue weighted by molar-refractivity contribution is 6.30. The van der Waals surface area contributed by atoms with Crippen LogP contribution in [0.15, 0.2) is 30.3 Å². The minimum absolute atomic E-state index is 0.0214. The van der Waals surface area contributed by atoms with Crippen LogP contribution in [0.5, 0.6) is 0 Å². The summed E-state index contributed by atoms with van der Waals surface area (Å²) in [7, 11) is 1.74. The van der Waals surface area contributed by atoms with Gasteiger partial charge in [0.25, 0.3) is 0 Å². The van der Waals surface area contributed by atoms with Crippen LogP contribution >= 0.6 is 11.6 Å². The summed E-state index contributed by atoms with van der Waals surface area (Å²) in [5.41, 5.74) is 0.665. The molecule has 2 aromatic carbocycles. The quantitative estimate of drug-likeness (QED) is 0.318. The number of hydrogen-bond acceptors (Lipinski definition) is 1. The molecule has 0 atom stereocenters. The zero-order valence-corrected chi connectivity index (χ0v) is 18.6. The van der Waals surface area contributed by atoms with Crippen molar-refractivity contribution in [2.24, 2.45) is 11.8 Å². The van der Waals surface area contributed by atoms with Gasteiger partial charge in [-0.15, -0.1) is 0 Å². The molecule has 0 N–H and O–H groups in total. The molecule has 0 radical (unpaired) electrons. The fourth-order valence-corrected chi connectivity index (χ4v) is 4.41. The SMILES string of the molecule is COCCC[C@H]1CC[C@H](CCc2cc(F)c(C#Cc3ccc(Cl)c(F)c3)c(F)c2)CC1. The van der Waals surface area contributed by atoms with Crippen LogP contribution in [0.2, 0.25) is 5.02 Å². The lowest BCUT2D eigenvalue weighted by molar-refractivity contribution is 0.175. The lowest BCUT2D eigenvalue weighted by Gasteiger charge is -2.28. The van der Waals surface area contributed by atoms with Crippen LogP contribution in [0, 0.1) is 41.1 Å². The van der Waals surface area contributed by atoms with Crippen LogP contribution in [0.25, 0.3) is 0 Å². The molecule has 1 aliphatic carbocycles. The second-order valence-corrected chi connectivity index (χ2v) is 8.78. The van der Waals surface area contributed by atoms with Crippen molar-refractivity contribution in [2.75, 3.05) is 13.7 Å². The van der Waals surface area contributed by atoms with Crippen molar-refractivity contribution in [1.82, 2.24) is 0 Å². The topological polar surface area (TPSA) is 9.23 Å². The molecule has 3 rings (SSSR count). The minimum Gasteiger partial charge on any atom is -0.385 e. The van der Waals surface area contributed by atoms with Gasteiger partial charge in [0.1, 0.15) is 17.5 Å². The summed E-state index contributed by atoms with van der Waals surface area (Å²) < 4.78 is 47.6. The van der Waals surface area contributed by atoms with Crippen LogP contribution in [-0.2, 0) is 11.2 Å².